The molecule has 0 saturated carbocycles. The minimum atomic E-state index is -4.51. The van der Waals surface area contributed by atoms with Gasteiger partial charge in [0.05, 0.1) is 24.1 Å². The van der Waals surface area contributed by atoms with E-state index in [9.17, 15) is 42.6 Å². The van der Waals surface area contributed by atoms with Crippen LogP contribution in [0.2, 0.25) is 0 Å². The first-order valence-corrected chi connectivity index (χ1v) is 19.9. The zero-order valence-electron chi connectivity index (χ0n) is 32.9. The lowest BCUT2D eigenvalue weighted by Gasteiger charge is -2.39. The second kappa shape index (κ2) is 21.1. The van der Waals surface area contributed by atoms with E-state index in [1.54, 1.807) is 4.90 Å². The zero-order chi connectivity index (χ0) is 41.0. The van der Waals surface area contributed by atoms with Crippen molar-refractivity contribution < 1.29 is 47.3 Å². The second-order valence-electron chi connectivity index (χ2n) is 15.1. The predicted octanol–water partition coefficient (Wildman–Crippen LogP) is 5.55. The van der Waals surface area contributed by atoms with Crippen LogP contribution in [0.5, 0.6) is 0 Å². The Morgan fingerprint density at radius 2 is 1.75 bits per heavy atom. The average molecular weight is 798 g/mol. The number of hydrogen-bond acceptors (Lipinski definition) is 9. The number of thiazole rings is 1. The predicted molar refractivity (Wildman–Crippen MR) is 203 cm³/mol. The summed E-state index contributed by atoms with van der Waals surface area (Å²) in [6.07, 6.45) is -2.19. The number of hydrogen-bond donors (Lipinski definition) is 4. The van der Waals surface area contributed by atoms with Crippen LogP contribution in [0.15, 0.2) is 29.6 Å². The molecule has 1 saturated heterocycles. The van der Waals surface area contributed by atoms with Crippen LogP contribution >= 0.6 is 11.3 Å². The number of likely N-dealkylation sites (tertiary alicyclic amines) is 1. The maximum atomic E-state index is 14.4. The number of likely N-dealkylation sites (N-methyl/N-ethyl adjacent to an activating group) is 1. The van der Waals surface area contributed by atoms with Gasteiger partial charge in [-0.05, 0) is 68.8 Å². The highest BCUT2D eigenvalue weighted by molar-refractivity contribution is 7.09. The van der Waals surface area contributed by atoms with E-state index in [2.05, 4.69) is 15.6 Å². The number of carbonyl (C=O) groups is 4. The fourth-order valence-corrected chi connectivity index (χ4v) is 7.67. The lowest BCUT2D eigenvalue weighted by Crippen LogP contribution is -2.59. The molecular weight excluding hydrogens is 740 g/mol. The molecule has 7 atom stereocenters. The smallest absolute Gasteiger partial charge is 0.416 e. The summed E-state index contributed by atoms with van der Waals surface area (Å²) in [4.78, 5) is 61.1. The third kappa shape index (κ3) is 13.2. The topological polar surface area (TPSA) is 161 Å². The number of benzene rings is 1. The molecule has 55 heavy (non-hydrogen) atoms. The van der Waals surface area contributed by atoms with Crippen LogP contribution in [-0.4, -0.2) is 107 Å². The molecule has 1 aromatic carbocycles. The summed E-state index contributed by atoms with van der Waals surface area (Å²) in [6.45, 7) is 10.5. The number of aliphatic hydroxyl groups excluding tert-OH is 1. The van der Waals surface area contributed by atoms with Gasteiger partial charge in [0.2, 0.25) is 11.8 Å². The van der Waals surface area contributed by atoms with Crippen molar-refractivity contribution >= 4 is 35.0 Å². The number of rotatable bonds is 20. The van der Waals surface area contributed by atoms with Gasteiger partial charge >= 0.3 is 12.1 Å². The van der Waals surface area contributed by atoms with Gasteiger partial charge in [-0.3, -0.25) is 24.1 Å². The molecule has 1 aliphatic rings. The molecule has 7 unspecified atom stereocenters. The van der Waals surface area contributed by atoms with Crippen molar-refractivity contribution in [2.45, 2.75) is 116 Å². The molecule has 308 valence electrons. The second-order valence-corrected chi connectivity index (χ2v) is 16.0. The zero-order valence-corrected chi connectivity index (χ0v) is 33.7. The van der Waals surface area contributed by atoms with E-state index in [1.165, 1.54) is 31.5 Å². The molecule has 3 amide bonds. The molecule has 16 heteroatoms. The number of piperidine rings is 1. The normalized spacial score (nSPS) is 18.5. The summed E-state index contributed by atoms with van der Waals surface area (Å²) >= 11 is 1.06. The van der Waals surface area contributed by atoms with Gasteiger partial charge in [0.1, 0.15) is 22.8 Å². The van der Waals surface area contributed by atoms with Gasteiger partial charge < -0.3 is 30.5 Å². The van der Waals surface area contributed by atoms with Crippen LogP contribution < -0.4 is 10.6 Å². The minimum absolute atomic E-state index is 0.0125. The molecule has 3 rings (SSSR count). The number of nitrogens with zero attached hydrogens (tertiary/aromatic N) is 3. The van der Waals surface area contributed by atoms with Gasteiger partial charge in [0, 0.05) is 37.5 Å². The molecule has 4 N–H and O–H groups in total. The molecule has 1 fully saturated rings. The summed E-state index contributed by atoms with van der Waals surface area (Å²) in [6, 6.07) is 2.12. The number of aromatic nitrogens is 1. The summed E-state index contributed by atoms with van der Waals surface area (Å²) in [5, 5.41) is 28.6. The van der Waals surface area contributed by atoms with E-state index in [4.69, 9.17) is 4.74 Å². The number of aliphatic hydroxyl groups is 1. The molecule has 12 nitrogen and oxygen atoms in total. The SMILES string of the molecule is CCC(C)C(NC(=O)C1CCCCN1C)C(=O)N(CCOC)C(CC(O)c1nc(C(=O)NC(Cc2ccc(C(F)(F)F)cc2)CC(C)C(=O)O)cs1)C(C)C. The van der Waals surface area contributed by atoms with E-state index < -0.39 is 53.8 Å². The number of ether oxygens (including phenoxy) is 1. The van der Waals surface area contributed by atoms with Crippen molar-refractivity contribution in [2.75, 3.05) is 33.9 Å². The highest BCUT2D eigenvalue weighted by atomic mass is 32.1. The summed E-state index contributed by atoms with van der Waals surface area (Å²) in [5.41, 5.74) is -0.353. The molecule has 0 aliphatic carbocycles. The van der Waals surface area contributed by atoms with E-state index >= 15 is 0 Å². The average Bonchev–Trinajstić information content (AvgIpc) is 3.64. The Balaban J connectivity index is 1.80. The lowest BCUT2D eigenvalue weighted by molar-refractivity contribution is -0.143. The van der Waals surface area contributed by atoms with Gasteiger partial charge in [-0.1, -0.05) is 59.6 Å². The van der Waals surface area contributed by atoms with Crippen molar-refractivity contribution in [1.82, 2.24) is 25.4 Å². The molecule has 2 heterocycles. The molecule has 1 aliphatic heterocycles. The highest BCUT2D eigenvalue weighted by Gasteiger charge is 2.38. The summed E-state index contributed by atoms with van der Waals surface area (Å²) < 4.78 is 44.7. The molecule has 2 aromatic rings. The third-order valence-electron chi connectivity index (χ3n) is 10.5. The van der Waals surface area contributed by atoms with Crippen LogP contribution in [0.1, 0.15) is 106 Å². The van der Waals surface area contributed by atoms with Crippen molar-refractivity contribution in [1.29, 1.82) is 0 Å². The maximum Gasteiger partial charge on any atom is 0.416 e. The number of nitrogens with one attached hydrogen (secondary N) is 2. The monoisotopic (exact) mass is 797 g/mol. The van der Waals surface area contributed by atoms with Crippen LogP contribution in [0.3, 0.4) is 0 Å². The molecule has 0 spiro atoms. The number of methoxy groups -OCH3 is 1. The summed E-state index contributed by atoms with van der Waals surface area (Å²) in [7, 11) is 3.45. The quantitative estimate of drug-likeness (QED) is 0.135. The number of carboxylic acids is 1. The number of carboxylic acid groups (broad SMARTS) is 1. The van der Waals surface area contributed by atoms with Gasteiger partial charge in [-0.25, -0.2) is 4.98 Å². The number of alkyl halides is 3. The first-order valence-electron chi connectivity index (χ1n) is 19.0. The standard InChI is InChI=1S/C39H58F3N5O7S/c1-8-24(4)33(45-35(50)30-11-9-10-16-46(30)6)37(51)47(17-18-54-7)31(23(2)3)21-32(48)36-44-29(22-55-36)34(49)43-28(19-25(5)38(52)53)20-26-12-14-27(15-13-26)39(40,41)42/h12-15,22-25,28,30-33,48H,8-11,16-21H2,1-7H3,(H,43,49)(H,45,50)(H,52,53). The number of carbonyl (C=O) groups excluding carboxylic acids is 3. The van der Waals surface area contributed by atoms with Gasteiger partial charge in [0.15, 0.2) is 0 Å². The Hall–Kier alpha value is -3.60. The largest absolute Gasteiger partial charge is 0.481 e. The van der Waals surface area contributed by atoms with E-state index in [1.807, 2.05) is 39.6 Å². The first kappa shape index (κ1) is 45.8. The Labute approximate surface area is 326 Å². The van der Waals surface area contributed by atoms with Crippen LogP contribution in [-0.2, 0) is 31.7 Å². The van der Waals surface area contributed by atoms with Gasteiger partial charge in [-0.15, -0.1) is 11.3 Å². The first-order chi connectivity index (χ1) is 25.9. The van der Waals surface area contributed by atoms with Crippen molar-refractivity contribution in [3.8, 4) is 0 Å². The highest BCUT2D eigenvalue weighted by Crippen LogP contribution is 2.31. The fourth-order valence-electron chi connectivity index (χ4n) is 6.88. The van der Waals surface area contributed by atoms with Crippen LogP contribution in [0, 0.1) is 17.8 Å². The van der Waals surface area contributed by atoms with E-state index in [0.29, 0.717) is 18.4 Å². The fraction of sp³-hybridized carbons (Fsp3) is 0.667. The van der Waals surface area contributed by atoms with Crippen molar-refractivity contribution in [3.63, 3.8) is 0 Å². The number of amides is 3. The number of halogens is 3. The Morgan fingerprint density at radius 1 is 1.07 bits per heavy atom. The van der Waals surface area contributed by atoms with Gasteiger partial charge in [-0.2, -0.15) is 13.2 Å². The Bertz CT molecular complexity index is 1560. The van der Waals surface area contributed by atoms with Gasteiger partial charge in [0.25, 0.3) is 5.91 Å². The Morgan fingerprint density at radius 3 is 2.31 bits per heavy atom. The molecular formula is C39H58F3N5O7S. The van der Waals surface area contributed by atoms with Crippen molar-refractivity contribution in [3.05, 3.63) is 51.5 Å². The van der Waals surface area contributed by atoms with E-state index in [0.717, 1.165) is 42.9 Å². The molecule has 0 radical (unpaired) electrons. The number of aliphatic carboxylic acids is 1. The van der Waals surface area contributed by atoms with Crippen LogP contribution in [0.25, 0.3) is 0 Å². The Kier molecular flexibility index (Phi) is 17.5. The third-order valence-corrected chi connectivity index (χ3v) is 11.4. The van der Waals surface area contributed by atoms with E-state index in [-0.39, 0.29) is 72.8 Å². The minimum Gasteiger partial charge on any atom is -0.481 e. The summed E-state index contributed by atoms with van der Waals surface area (Å²) in [5.74, 6) is -3.31. The molecule has 0 bridgehead atoms. The molecule has 1 aromatic heterocycles. The van der Waals surface area contributed by atoms with Crippen LogP contribution in [0.4, 0.5) is 13.2 Å². The van der Waals surface area contributed by atoms with Crippen molar-refractivity contribution in [2.24, 2.45) is 17.8 Å². The maximum absolute atomic E-state index is 14.4. The lowest BCUT2D eigenvalue weighted by atomic mass is 9.92.